The Balaban J connectivity index is 2.15. The van der Waals surface area contributed by atoms with Crippen LogP contribution in [0.4, 0.5) is 13.2 Å². The first-order valence-electron chi connectivity index (χ1n) is 11.3. The molecule has 1 atom stereocenters. The molecule has 180 valence electrons. The molecule has 1 aliphatic heterocycles. The molecule has 0 amide bonds. The van der Waals surface area contributed by atoms with Crippen LogP contribution in [-0.2, 0) is 25.2 Å². The number of carbonyl (C=O) groups is 2. The summed E-state index contributed by atoms with van der Waals surface area (Å²) in [4.78, 5) is 28.3. The topological polar surface area (TPSA) is 55.8 Å². The van der Waals surface area contributed by atoms with Gasteiger partial charge in [0.15, 0.2) is 0 Å². The van der Waals surface area contributed by atoms with Crippen LogP contribution in [0.2, 0.25) is 0 Å². The van der Waals surface area contributed by atoms with E-state index in [0.29, 0.717) is 23.4 Å². The quantitative estimate of drug-likeness (QED) is 0.363. The molecule has 2 aliphatic rings. The summed E-state index contributed by atoms with van der Waals surface area (Å²) in [5, 5.41) is 0. The van der Waals surface area contributed by atoms with Gasteiger partial charge in [-0.15, -0.1) is 0 Å². The Bertz CT molecular complexity index is 959. The molecule has 3 rings (SSSR count). The number of halogens is 3. The van der Waals surface area contributed by atoms with Crippen molar-refractivity contribution >= 4 is 11.9 Å². The number of benzene rings is 1. The largest absolute Gasteiger partial charge is 0.463 e. The summed E-state index contributed by atoms with van der Waals surface area (Å²) in [5.74, 6) is -2.03. The van der Waals surface area contributed by atoms with E-state index in [-0.39, 0.29) is 30.4 Å². The highest BCUT2D eigenvalue weighted by atomic mass is 19.4. The number of alkyl halides is 3. The first-order chi connectivity index (χ1) is 15.6. The zero-order valence-electron chi connectivity index (χ0n) is 19.4. The van der Waals surface area contributed by atoms with Crippen molar-refractivity contribution in [3.8, 4) is 0 Å². The van der Waals surface area contributed by atoms with Crippen LogP contribution in [0.5, 0.6) is 0 Å². The Morgan fingerprint density at radius 3 is 1.97 bits per heavy atom. The first-order valence-corrected chi connectivity index (χ1v) is 11.3. The number of rotatable bonds is 8. The van der Waals surface area contributed by atoms with E-state index in [1.807, 2.05) is 11.8 Å². The van der Waals surface area contributed by atoms with Crippen molar-refractivity contribution in [1.29, 1.82) is 0 Å². The maximum atomic E-state index is 13.3. The van der Waals surface area contributed by atoms with E-state index >= 15 is 0 Å². The van der Waals surface area contributed by atoms with Crippen LogP contribution < -0.4 is 0 Å². The van der Waals surface area contributed by atoms with Crippen molar-refractivity contribution in [2.45, 2.75) is 71.5 Å². The highest BCUT2D eigenvalue weighted by molar-refractivity contribution is 6.00. The van der Waals surface area contributed by atoms with E-state index in [2.05, 4.69) is 0 Å². The van der Waals surface area contributed by atoms with Crippen LogP contribution >= 0.6 is 0 Å². The Morgan fingerprint density at radius 2 is 1.52 bits per heavy atom. The third kappa shape index (κ3) is 5.25. The van der Waals surface area contributed by atoms with Gasteiger partial charge in [-0.1, -0.05) is 25.5 Å². The van der Waals surface area contributed by atoms with Crippen LogP contribution in [0.25, 0.3) is 0 Å². The molecule has 0 saturated heterocycles. The van der Waals surface area contributed by atoms with Gasteiger partial charge in [-0.05, 0) is 57.7 Å². The number of unbranched alkanes of at least 4 members (excludes halogenated alkanes) is 1. The molecule has 0 N–H and O–H groups in total. The van der Waals surface area contributed by atoms with E-state index in [9.17, 15) is 22.8 Å². The zero-order chi connectivity index (χ0) is 24.3. The van der Waals surface area contributed by atoms with Gasteiger partial charge < -0.3 is 14.4 Å². The molecule has 1 heterocycles. The molecule has 0 aromatic heterocycles. The molecule has 1 unspecified atom stereocenters. The van der Waals surface area contributed by atoms with Gasteiger partial charge in [0.05, 0.1) is 35.8 Å². The van der Waals surface area contributed by atoms with E-state index in [4.69, 9.17) is 9.47 Å². The molecule has 1 aromatic carbocycles. The molecule has 0 bridgehead atoms. The van der Waals surface area contributed by atoms with Crippen molar-refractivity contribution in [1.82, 2.24) is 4.90 Å². The lowest BCUT2D eigenvalue weighted by molar-refractivity contribution is -0.140. The van der Waals surface area contributed by atoms with Gasteiger partial charge in [-0.25, -0.2) is 9.59 Å². The summed E-state index contributed by atoms with van der Waals surface area (Å²) < 4.78 is 50.3. The smallest absolute Gasteiger partial charge is 0.416 e. The van der Waals surface area contributed by atoms with E-state index in [1.54, 1.807) is 20.8 Å². The predicted molar refractivity (Wildman–Crippen MR) is 117 cm³/mol. The zero-order valence-corrected chi connectivity index (χ0v) is 19.4. The maximum absolute atomic E-state index is 13.3. The van der Waals surface area contributed by atoms with Crippen molar-refractivity contribution in [3.05, 3.63) is 57.9 Å². The first kappa shape index (κ1) is 24.9. The molecular formula is C25H30F3NO4. The second-order valence-corrected chi connectivity index (χ2v) is 8.36. The molecule has 1 fully saturated rings. The fourth-order valence-electron chi connectivity index (χ4n) is 4.28. The van der Waals surface area contributed by atoms with Crippen molar-refractivity contribution in [2.75, 3.05) is 13.2 Å². The number of hydrogen-bond donors (Lipinski definition) is 0. The molecule has 0 radical (unpaired) electrons. The molecule has 8 heteroatoms. The summed E-state index contributed by atoms with van der Waals surface area (Å²) in [6.07, 6.45) is -1.11. The van der Waals surface area contributed by atoms with Gasteiger partial charge in [0.2, 0.25) is 0 Å². The van der Waals surface area contributed by atoms with Crippen LogP contribution in [0.3, 0.4) is 0 Å². The molecule has 0 spiro atoms. The van der Waals surface area contributed by atoms with E-state index in [1.165, 1.54) is 12.1 Å². The van der Waals surface area contributed by atoms with Crippen molar-refractivity contribution < 1.29 is 32.2 Å². The third-order valence-corrected chi connectivity index (χ3v) is 6.01. The van der Waals surface area contributed by atoms with E-state index < -0.39 is 29.6 Å². The van der Waals surface area contributed by atoms with Crippen molar-refractivity contribution in [2.24, 2.45) is 0 Å². The third-order valence-electron chi connectivity index (χ3n) is 6.01. The Hall–Kier alpha value is -2.77. The number of allylic oxidation sites excluding steroid dienone is 2. The minimum Gasteiger partial charge on any atom is -0.463 e. The van der Waals surface area contributed by atoms with Gasteiger partial charge in [-0.3, -0.25) is 0 Å². The molecule has 1 aromatic rings. The number of nitrogens with zero attached hydrogens (tertiary/aromatic N) is 1. The second-order valence-electron chi connectivity index (χ2n) is 8.36. The lowest BCUT2D eigenvalue weighted by Crippen LogP contribution is -2.36. The Morgan fingerprint density at radius 1 is 0.970 bits per heavy atom. The highest BCUT2D eigenvalue weighted by Gasteiger charge is 2.44. The van der Waals surface area contributed by atoms with Crippen LogP contribution in [0.15, 0.2) is 46.8 Å². The molecule has 33 heavy (non-hydrogen) atoms. The average Bonchev–Trinajstić information content (AvgIpc) is 3.58. The van der Waals surface area contributed by atoms with Gasteiger partial charge in [0.1, 0.15) is 0 Å². The fourth-order valence-corrected chi connectivity index (χ4v) is 4.28. The molecule has 5 nitrogen and oxygen atoms in total. The van der Waals surface area contributed by atoms with Crippen LogP contribution in [0, 0.1) is 0 Å². The van der Waals surface area contributed by atoms with Gasteiger partial charge in [-0.2, -0.15) is 13.2 Å². The van der Waals surface area contributed by atoms with Crippen LogP contribution in [0.1, 0.15) is 70.4 Å². The number of carbonyl (C=O) groups excluding carboxylic acids is 2. The predicted octanol–water partition coefficient (Wildman–Crippen LogP) is 5.72. The molecule has 1 saturated carbocycles. The minimum absolute atomic E-state index is 0.137. The van der Waals surface area contributed by atoms with E-state index in [0.717, 1.165) is 31.4 Å². The summed E-state index contributed by atoms with van der Waals surface area (Å²) >= 11 is 0. The maximum Gasteiger partial charge on any atom is 0.416 e. The summed E-state index contributed by atoms with van der Waals surface area (Å²) in [5.41, 5.74) is 1.45. The molecule has 1 aliphatic carbocycles. The van der Waals surface area contributed by atoms with Gasteiger partial charge in [0, 0.05) is 17.4 Å². The Labute approximate surface area is 192 Å². The Kier molecular flexibility index (Phi) is 7.55. The summed E-state index contributed by atoms with van der Waals surface area (Å²) in [7, 11) is 0. The normalized spacial score (nSPS) is 19.1. The van der Waals surface area contributed by atoms with Crippen LogP contribution in [-0.4, -0.2) is 36.1 Å². The van der Waals surface area contributed by atoms with Crippen molar-refractivity contribution in [3.63, 3.8) is 0 Å². The summed E-state index contributed by atoms with van der Waals surface area (Å²) in [6, 6.07) is 4.74. The SMILES string of the molecule is CCCCOC(=O)C1=C(C)N(C2CC2)C(C)=C(C(=O)OCC)C1c1ccc(C(F)(F)F)cc1. The summed E-state index contributed by atoms with van der Waals surface area (Å²) in [6.45, 7) is 7.62. The second kappa shape index (κ2) is 10.0. The number of esters is 2. The van der Waals surface area contributed by atoms with Gasteiger partial charge in [0.25, 0.3) is 0 Å². The highest BCUT2D eigenvalue weighted by Crippen LogP contribution is 2.47. The number of hydrogen-bond acceptors (Lipinski definition) is 5. The fraction of sp³-hybridized carbons (Fsp3) is 0.520. The lowest BCUT2D eigenvalue weighted by Gasteiger charge is -2.38. The number of ether oxygens (including phenoxy) is 2. The monoisotopic (exact) mass is 465 g/mol. The lowest BCUT2D eigenvalue weighted by atomic mass is 9.79. The van der Waals surface area contributed by atoms with Gasteiger partial charge >= 0.3 is 18.1 Å². The standard InChI is InChI=1S/C25H30F3NO4/c1-5-7-14-33-24(31)21-16(4)29(19-12-13-19)15(3)20(23(30)32-6-2)22(21)17-8-10-18(11-9-17)25(26,27)28/h8-11,19,22H,5-7,12-14H2,1-4H3. The average molecular weight is 466 g/mol. The molecular weight excluding hydrogens is 435 g/mol. The minimum atomic E-state index is -4.49.